The first-order chi connectivity index (χ1) is 14.2. The van der Waals surface area contributed by atoms with Gasteiger partial charge in [0.15, 0.2) is 0 Å². The Morgan fingerprint density at radius 3 is 2.66 bits per heavy atom. The molecule has 1 atom stereocenters. The van der Waals surface area contributed by atoms with Crippen molar-refractivity contribution in [3.63, 3.8) is 0 Å². The van der Waals surface area contributed by atoms with Crippen LogP contribution < -0.4 is 10.6 Å². The molecule has 1 aliphatic rings. The number of hydrogen-bond acceptors (Lipinski definition) is 3. The minimum absolute atomic E-state index is 0.178. The Balaban J connectivity index is 1.49. The third-order valence-corrected chi connectivity index (χ3v) is 5.96. The van der Waals surface area contributed by atoms with E-state index in [0.717, 1.165) is 28.0 Å². The number of nitrogens with one attached hydrogen (secondary N) is 3. The Morgan fingerprint density at radius 1 is 1.07 bits per heavy atom. The standard InChI is InChI=1S/C22H24N4O2S/c27-21(24-18-6-7-19-17(15-18)8-9-23-19)20(14-16-4-2-1-3-5-16)25-22(28)26-10-12-29-13-11-26/h1-9,15,20,23H,10-14H2,(H,24,27)(H,25,28). The largest absolute Gasteiger partial charge is 0.361 e. The Bertz CT molecular complexity index is 983. The van der Waals surface area contributed by atoms with Crippen LogP contribution in [0, 0.1) is 0 Å². The van der Waals surface area contributed by atoms with Crippen molar-refractivity contribution >= 4 is 40.3 Å². The first-order valence-corrected chi connectivity index (χ1v) is 10.9. The number of benzene rings is 2. The first-order valence-electron chi connectivity index (χ1n) is 9.74. The molecule has 1 fully saturated rings. The Labute approximate surface area is 174 Å². The van der Waals surface area contributed by atoms with Crippen molar-refractivity contribution in [3.05, 3.63) is 66.4 Å². The number of aromatic nitrogens is 1. The van der Waals surface area contributed by atoms with Gasteiger partial charge in [-0.05, 0) is 29.8 Å². The Morgan fingerprint density at radius 2 is 1.86 bits per heavy atom. The van der Waals surface area contributed by atoms with E-state index >= 15 is 0 Å². The fraction of sp³-hybridized carbons (Fsp3) is 0.273. The van der Waals surface area contributed by atoms with Gasteiger partial charge in [-0.25, -0.2) is 4.79 Å². The van der Waals surface area contributed by atoms with Crippen molar-refractivity contribution in [2.45, 2.75) is 12.5 Å². The number of carbonyl (C=O) groups excluding carboxylic acids is 2. The van der Waals surface area contributed by atoms with Crippen LogP contribution >= 0.6 is 11.8 Å². The second-order valence-electron chi connectivity index (χ2n) is 7.06. The molecule has 3 aromatic rings. The lowest BCUT2D eigenvalue weighted by Crippen LogP contribution is -2.52. The molecule has 0 aliphatic carbocycles. The van der Waals surface area contributed by atoms with Crippen molar-refractivity contribution in [1.82, 2.24) is 15.2 Å². The average molecular weight is 409 g/mol. The molecule has 29 heavy (non-hydrogen) atoms. The fourth-order valence-corrected chi connectivity index (χ4v) is 4.33. The van der Waals surface area contributed by atoms with Crippen molar-refractivity contribution in [2.24, 2.45) is 0 Å². The maximum Gasteiger partial charge on any atom is 0.318 e. The summed E-state index contributed by atoms with van der Waals surface area (Å²) in [6.45, 7) is 1.42. The molecule has 1 saturated heterocycles. The zero-order valence-electron chi connectivity index (χ0n) is 16.1. The van der Waals surface area contributed by atoms with E-state index in [1.54, 1.807) is 4.90 Å². The molecule has 0 radical (unpaired) electrons. The van der Waals surface area contributed by atoms with Gasteiger partial charge in [-0.2, -0.15) is 11.8 Å². The summed E-state index contributed by atoms with van der Waals surface area (Å²) in [7, 11) is 0. The van der Waals surface area contributed by atoms with Gasteiger partial charge in [-0.3, -0.25) is 4.79 Å². The minimum Gasteiger partial charge on any atom is -0.361 e. The highest BCUT2D eigenvalue weighted by atomic mass is 32.2. The Hall–Kier alpha value is -2.93. The van der Waals surface area contributed by atoms with Gasteiger partial charge in [0, 0.05) is 53.8 Å². The molecule has 150 valence electrons. The van der Waals surface area contributed by atoms with Crippen molar-refractivity contribution in [1.29, 1.82) is 0 Å². The number of rotatable bonds is 5. The first kappa shape index (κ1) is 19.4. The molecule has 0 saturated carbocycles. The maximum absolute atomic E-state index is 13.1. The number of thioether (sulfide) groups is 1. The van der Waals surface area contributed by atoms with Gasteiger partial charge in [-0.15, -0.1) is 0 Å². The summed E-state index contributed by atoms with van der Waals surface area (Å²) in [6, 6.07) is 16.6. The van der Waals surface area contributed by atoms with Crippen molar-refractivity contribution < 1.29 is 9.59 Å². The van der Waals surface area contributed by atoms with E-state index in [-0.39, 0.29) is 11.9 Å². The summed E-state index contributed by atoms with van der Waals surface area (Å²) >= 11 is 1.84. The smallest absolute Gasteiger partial charge is 0.318 e. The number of amides is 3. The van der Waals surface area contributed by atoms with Crippen LogP contribution in [0.4, 0.5) is 10.5 Å². The monoisotopic (exact) mass is 408 g/mol. The molecule has 0 bridgehead atoms. The molecule has 1 aliphatic heterocycles. The molecule has 6 nitrogen and oxygen atoms in total. The van der Waals surface area contributed by atoms with Gasteiger partial charge >= 0.3 is 6.03 Å². The molecule has 1 aromatic heterocycles. The number of anilines is 1. The zero-order valence-corrected chi connectivity index (χ0v) is 16.9. The quantitative estimate of drug-likeness (QED) is 0.605. The third kappa shape index (κ3) is 4.92. The molecular formula is C22H24N4O2S. The van der Waals surface area contributed by atoms with Crippen LogP contribution in [0.1, 0.15) is 5.56 Å². The van der Waals surface area contributed by atoms with Crippen LogP contribution in [-0.2, 0) is 11.2 Å². The predicted molar refractivity (Wildman–Crippen MR) is 118 cm³/mol. The normalized spacial score (nSPS) is 15.1. The van der Waals surface area contributed by atoms with Gasteiger partial charge in [0.2, 0.25) is 5.91 Å². The van der Waals surface area contributed by atoms with Crippen LogP contribution in [-0.4, -0.2) is 52.5 Å². The average Bonchev–Trinajstić information content (AvgIpc) is 3.22. The van der Waals surface area contributed by atoms with Gasteiger partial charge in [0.05, 0.1) is 0 Å². The van der Waals surface area contributed by atoms with E-state index in [2.05, 4.69) is 15.6 Å². The highest BCUT2D eigenvalue weighted by molar-refractivity contribution is 7.99. The number of hydrogen-bond donors (Lipinski definition) is 3. The summed E-state index contributed by atoms with van der Waals surface area (Å²) in [5.41, 5.74) is 2.73. The minimum atomic E-state index is -0.651. The SMILES string of the molecule is O=C(Nc1ccc2[nH]ccc2c1)C(Cc1ccccc1)NC(=O)N1CCSCC1. The lowest BCUT2D eigenvalue weighted by molar-refractivity contribution is -0.118. The Kier molecular flexibility index (Phi) is 6.05. The van der Waals surface area contributed by atoms with Crippen molar-refractivity contribution in [3.8, 4) is 0 Å². The van der Waals surface area contributed by atoms with Gasteiger partial charge in [0.25, 0.3) is 0 Å². The van der Waals surface area contributed by atoms with Gasteiger partial charge < -0.3 is 20.5 Å². The summed E-state index contributed by atoms with van der Waals surface area (Å²) in [5.74, 6) is 1.64. The molecule has 4 rings (SSSR count). The summed E-state index contributed by atoms with van der Waals surface area (Å²) in [4.78, 5) is 30.7. The lowest BCUT2D eigenvalue weighted by atomic mass is 10.1. The van der Waals surface area contributed by atoms with Crippen LogP contribution in [0.2, 0.25) is 0 Å². The zero-order chi connectivity index (χ0) is 20.1. The van der Waals surface area contributed by atoms with E-state index in [4.69, 9.17) is 0 Å². The van der Waals surface area contributed by atoms with Gasteiger partial charge in [0.1, 0.15) is 6.04 Å². The second kappa shape index (κ2) is 9.05. The van der Waals surface area contributed by atoms with E-state index in [1.807, 2.05) is 72.6 Å². The lowest BCUT2D eigenvalue weighted by Gasteiger charge is -2.29. The van der Waals surface area contributed by atoms with Crippen molar-refractivity contribution in [2.75, 3.05) is 29.9 Å². The molecule has 0 spiro atoms. The highest BCUT2D eigenvalue weighted by Crippen LogP contribution is 2.18. The maximum atomic E-state index is 13.1. The molecule has 2 aromatic carbocycles. The van der Waals surface area contributed by atoms with E-state index in [0.29, 0.717) is 25.2 Å². The summed E-state index contributed by atoms with van der Waals surface area (Å²) in [5, 5.41) is 6.93. The fourth-order valence-electron chi connectivity index (χ4n) is 3.43. The molecule has 3 N–H and O–H groups in total. The number of H-pyrrole nitrogens is 1. The van der Waals surface area contributed by atoms with Crippen LogP contribution in [0.15, 0.2) is 60.8 Å². The second-order valence-corrected chi connectivity index (χ2v) is 8.28. The molecule has 3 amide bonds. The van der Waals surface area contributed by atoms with Crippen LogP contribution in [0.25, 0.3) is 10.9 Å². The van der Waals surface area contributed by atoms with Crippen LogP contribution in [0.5, 0.6) is 0 Å². The number of carbonyl (C=O) groups is 2. The number of fused-ring (bicyclic) bond motifs is 1. The number of aromatic amines is 1. The summed E-state index contributed by atoms with van der Waals surface area (Å²) < 4.78 is 0. The highest BCUT2D eigenvalue weighted by Gasteiger charge is 2.25. The molecule has 1 unspecified atom stereocenters. The molecular weight excluding hydrogens is 384 g/mol. The van der Waals surface area contributed by atoms with E-state index in [9.17, 15) is 9.59 Å². The molecule has 7 heteroatoms. The summed E-state index contributed by atoms with van der Waals surface area (Å²) in [6.07, 6.45) is 2.30. The van der Waals surface area contributed by atoms with E-state index < -0.39 is 6.04 Å². The number of nitrogens with zero attached hydrogens (tertiary/aromatic N) is 1. The van der Waals surface area contributed by atoms with E-state index in [1.165, 1.54) is 0 Å². The molecule has 2 heterocycles. The topological polar surface area (TPSA) is 77.2 Å². The number of urea groups is 1. The van der Waals surface area contributed by atoms with Crippen LogP contribution in [0.3, 0.4) is 0 Å². The predicted octanol–water partition coefficient (Wildman–Crippen LogP) is 3.48. The third-order valence-electron chi connectivity index (χ3n) is 5.02. The van der Waals surface area contributed by atoms with Gasteiger partial charge in [-0.1, -0.05) is 30.3 Å².